The Kier molecular flexibility index (Phi) is 6.50. The van der Waals surface area contributed by atoms with Crippen LogP contribution in [0.15, 0.2) is 82.7 Å². The Morgan fingerprint density at radius 1 is 1.03 bits per heavy atom. The zero-order valence-electron chi connectivity index (χ0n) is 18.9. The molecule has 1 aromatic heterocycles. The van der Waals surface area contributed by atoms with E-state index in [1.807, 2.05) is 12.1 Å². The Balaban J connectivity index is 1.31. The van der Waals surface area contributed by atoms with Crippen molar-refractivity contribution in [2.75, 3.05) is 5.32 Å². The van der Waals surface area contributed by atoms with Gasteiger partial charge in [0.05, 0.1) is 27.6 Å². The number of halogens is 1. The van der Waals surface area contributed by atoms with Gasteiger partial charge in [0, 0.05) is 39.5 Å². The highest BCUT2D eigenvalue weighted by Gasteiger charge is 2.31. The van der Waals surface area contributed by atoms with Crippen LogP contribution in [0.1, 0.15) is 31.2 Å². The number of anilines is 1. The summed E-state index contributed by atoms with van der Waals surface area (Å²) in [4.78, 5) is 32.8. The third-order valence-electron chi connectivity index (χ3n) is 5.69. The lowest BCUT2D eigenvalue weighted by molar-refractivity contribution is 0.0949. The fourth-order valence-corrected chi connectivity index (χ4v) is 6.38. The molecule has 0 radical (unpaired) electrons. The molecule has 0 saturated heterocycles. The molecule has 0 bridgehead atoms. The number of nitrogens with one attached hydrogen (secondary N) is 4. The molecule has 0 unspecified atom stereocenters. The molecule has 186 valence electrons. The van der Waals surface area contributed by atoms with E-state index in [0.717, 1.165) is 15.4 Å². The number of rotatable bonds is 5. The molecule has 0 spiro atoms. The van der Waals surface area contributed by atoms with Crippen molar-refractivity contribution in [2.24, 2.45) is 0 Å². The molecule has 9 nitrogen and oxygen atoms in total. The second-order valence-corrected chi connectivity index (χ2v) is 11.2. The van der Waals surface area contributed by atoms with Crippen molar-refractivity contribution >= 4 is 56.3 Å². The Hall–Kier alpha value is -4.06. The second kappa shape index (κ2) is 9.77. The largest absolute Gasteiger partial charge is 0.347 e. The summed E-state index contributed by atoms with van der Waals surface area (Å²) in [6, 6.07) is 17.3. The van der Waals surface area contributed by atoms with Gasteiger partial charge in [-0.3, -0.25) is 19.8 Å². The van der Waals surface area contributed by atoms with Gasteiger partial charge in [-0.05, 0) is 30.3 Å². The summed E-state index contributed by atoms with van der Waals surface area (Å²) in [5.74, 6) is -0.894. The standard InChI is InChI=1S/C25H18ClN5O4S2/c26-31-22(27)14-5-7-15(8-6-14)25-29-13-17(36-25)12-28-23(32)16-9-10-21-19(11-16)30-24(33)18-3-1-2-4-20(18)37(21,34)35/h1-11,13H,12H2,(H2,27,31)(H,28,32)(H,30,33). The summed E-state index contributed by atoms with van der Waals surface area (Å²) in [6.45, 7) is 0.211. The number of carbonyl (C=O) groups is 2. The van der Waals surface area contributed by atoms with Gasteiger partial charge in [0.1, 0.15) is 10.8 Å². The first-order valence-electron chi connectivity index (χ1n) is 10.9. The van der Waals surface area contributed by atoms with Gasteiger partial charge in [-0.2, -0.15) is 0 Å². The molecule has 3 aromatic carbocycles. The molecule has 1 aliphatic heterocycles. The zero-order valence-corrected chi connectivity index (χ0v) is 21.3. The van der Waals surface area contributed by atoms with Crippen molar-refractivity contribution in [1.29, 1.82) is 5.41 Å². The summed E-state index contributed by atoms with van der Waals surface area (Å²) < 4.78 is 26.2. The van der Waals surface area contributed by atoms with E-state index in [0.29, 0.717) is 5.56 Å². The molecule has 2 amide bonds. The van der Waals surface area contributed by atoms with Gasteiger partial charge in [-0.25, -0.2) is 13.4 Å². The first-order valence-corrected chi connectivity index (χ1v) is 13.5. The van der Waals surface area contributed by atoms with Crippen LogP contribution in [0, 0.1) is 5.41 Å². The monoisotopic (exact) mass is 551 g/mol. The molecule has 0 atom stereocenters. The number of thiazole rings is 1. The molecule has 0 fully saturated rings. The average Bonchev–Trinajstić information content (AvgIpc) is 3.37. The molecule has 0 aliphatic carbocycles. The van der Waals surface area contributed by atoms with Crippen LogP contribution in [-0.2, 0) is 16.4 Å². The van der Waals surface area contributed by atoms with E-state index in [1.165, 1.54) is 41.7 Å². The fourth-order valence-electron chi connectivity index (χ4n) is 3.83. The first-order chi connectivity index (χ1) is 17.8. The number of benzene rings is 3. The number of nitrogens with zero attached hydrogens (tertiary/aromatic N) is 1. The molecule has 1 aliphatic rings. The van der Waals surface area contributed by atoms with Crippen molar-refractivity contribution < 1.29 is 18.0 Å². The van der Waals surface area contributed by atoms with E-state index >= 15 is 0 Å². The third kappa shape index (κ3) is 4.71. The molecule has 2 heterocycles. The molecule has 4 N–H and O–H groups in total. The van der Waals surface area contributed by atoms with Gasteiger partial charge >= 0.3 is 0 Å². The van der Waals surface area contributed by atoms with Crippen LogP contribution in [0.5, 0.6) is 0 Å². The molecule has 12 heteroatoms. The number of amides is 2. The van der Waals surface area contributed by atoms with Crippen LogP contribution in [0.25, 0.3) is 10.6 Å². The zero-order chi connectivity index (χ0) is 26.2. The van der Waals surface area contributed by atoms with Crippen LogP contribution in [-0.4, -0.2) is 31.1 Å². The summed E-state index contributed by atoms with van der Waals surface area (Å²) in [5.41, 5.74) is 1.80. The van der Waals surface area contributed by atoms with Crippen LogP contribution >= 0.6 is 23.1 Å². The lowest BCUT2D eigenvalue weighted by Gasteiger charge is -2.10. The van der Waals surface area contributed by atoms with E-state index in [1.54, 1.807) is 30.5 Å². The molecular formula is C25H18ClN5O4S2. The van der Waals surface area contributed by atoms with E-state index in [2.05, 4.69) is 20.5 Å². The lowest BCUT2D eigenvalue weighted by Crippen LogP contribution is -2.22. The number of fused-ring (bicyclic) bond motifs is 2. The number of aromatic nitrogens is 1. The summed E-state index contributed by atoms with van der Waals surface area (Å²) in [5, 5.41) is 13.9. The maximum absolute atomic E-state index is 13.1. The Morgan fingerprint density at radius 3 is 2.51 bits per heavy atom. The number of hydrogen-bond acceptors (Lipinski definition) is 7. The van der Waals surface area contributed by atoms with Crippen LogP contribution in [0.3, 0.4) is 0 Å². The van der Waals surface area contributed by atoms with Gasteiger partial charge in [0.2, 0.25) is 9.84 Å². The normalized spacial score (nSPS) is 13.5. The van der Waals surface area contributed by atoms with Crippen molar-refractivity contribution in [3.63, 3.8) is 0 Å². The van der Waals surface area contributed by atoms with Crippen molar-refractivity contribution in [1.82, 2.24) is 15.1 Å². The number of amidine groups is 1. The number of carbonyl (C=O) groups excluding carboxylic acids is 2. The smallest absolute Gasteiger partial charge is 0.257 e. The molecule has 4 aromatic rings. The SMILES string of the molecule is N=C(NCl)c1ccc(-c2ncc(CNC(=O)c3ccc4c(c3)NC(=O)c3ccccc3S4(=O)=O)s2)cc1. The van der Waals surface area contributed by atoms with Gasteiger partial charge in [0.15, 0.2) is 0 Å². The molecule has 0 saturated carbocycles. The van der Waals surface area contributed by atoms with Crippen molar-refractivity contribution in [3.05, 3.63) is 94.5 Å². The Bertz CT molecular complexity index is 1670. The fraction of sp³-hybridized carbons (Fsp3) is 0.0400. The minimum Gasteiger partial charge on any atom is -0.347 e. The van der Waals surface area contributed by atoms with Gasteiger partial charge in [-0.1, -0.05) is 36.4 Å². The Labute approximate surface area is 221 Å². The average molecular weight is 552 g/mol. The van der Waals surface area contributed by atoms with Crippen LogP contribution in [0.4, 0.5) is 5.69 Å². The molecule has 37 heavy (non-hydrogen) atoms. The summed E-state index contributed by atoms with van der Waals surface area (Å²) in [6.07, 6.45) is 1.66. The number of hydrogen-bond donors (Lipinski definition) is 4. The van der Waals surface area contributed by atoms with E-state index in [-0.39, 0.29) is 39.0 Å². The summed E-state index contributed by atoms with van der Waals surface area (Å²) >= 11 is 6.87. The van der Waals surface area contributed by atoms with Crippen LogP contribution < -0.4 is 15.5 Å². The highest BCUT2D eigenvalue weighted by molar-refractivity contribution is 7.91. The summed E-state index contributed by atoms with van der Waals surface area (Å²) in [7, 11) is -3.94. The van der Waals surface area contributed by atoms with E-state index < -0.39 is 21.7 Å². The van der Waals surface area contributed by atoms with Gasteiger partial charge < -0.3 is 10.6 Å². The maximum Gasteiger partial charge on any atom is 0.257 e. The first kappa shape index (κ1) is 24.6. The quantitative estimate of drug-likeness (QED) is 0.166. The highest BCUT2D eigenvalue weighted by atomic mass is 35.5. The van der Waals surface area contributed by atoms with Gasteiger partial charge in [-0.15, -0.1) is 11.3 Å². The predicted octanol–water partition coefficient (Wildman–Crippen LogP) is 4.21. The van der Waals surface area contributed by atoms with Crippen molar-refractivity contribution in [3.8, 4) is 10.6 Å². The van der Waals surface area contributed by atoms with E-state index in [9.17, 15) is 18.0 Å². The second-order valence-electron chi connectivity index (χ2n) is 8.03. The minimum absolute atomic E-state index is 0.0503. The molecule has 5 rings (SSSR count). The highest BCUT2D eigenvalue weighted by Crippen LogP contribution is 2.34. The maximum atomic E-state index is 13.1. The van der Waals surface area contributed by atoms with Crippen LogP contribution in [0.2, 0.25) is 0 Å². The topological polar surface area (TPSA) is 141 Å². The number of sulfone groups is 1. The minimum atomic E-state index is -3.94. The van der Waals surface area contributed by atoms with E-state index in [4.69, 9.17) is 17.2 Å². The lowest BCUT2D eigenvalue weighted by atomic mass is 10.1. The predicted molar refractivity (Wildman–Crippen MR) is 141 cm³/mol. The van der Waals surface area contributed by atoms with Gasteiger partial charge in [0.25, 0.3) is 11.8 Å². The Morgan fingerprint density at radius 2 is 1.76 bits per heavy atom. The molecular weight excluding hydrogens is 534 g/mol. The van der Waals surface area contributed by atoms with Crippen molar-refractivity contribution in [2.45, 2.75) is 16.3 Å². The third-order valence-corrected chi connectivity index (χ3v) is 8.80.